The molecule has 472 valence electrons. The van der Waals surface area contributed by atoms with E-state index < -0.39 is 86.8 Å². The fraction of sp³-hybridized carbons (Fsp3) is 0.750. The van der Waals surface area contributed by atoms with Crippen molar-refractivity contribution in [2.75, 3.05) is 19.8 Å². The minimum Gasteiger partial charge on any atom is -0.394 e. The number of aliphatic hydroxyl groups excluding tert-OH is 8. The van der Waals surface area contributed by atoms with E-state index in [0.717, 1.165) is 83.5 Å². The highest BCUT2D eigenvalue weighted by atomic mass is 16.7. The summed E-state index contributed by atoms with van der Waals surface area (Å²) in [6.45, 7) is 2.66. The standard InChI is InChI=1S/C68H117NO13/c1-3-5-7-9-11-13-15-17-19-21-23-25-26-27-28-29-30-32-34-36-38-40-42-44-46-48-50-52-60(73)69-56(57(72)51-49-47-45-43-41-39-37-35-33-31-24-22-20-18-16-14-12-10-8-6-4-2)55-79-67-65(78)63(76)66(59(54-71)81-67)82-68-64(77)62(75)61(74)58(53-70)80-68/h5,7,11,13,17,19,23,25,27-28,33,35,41,43,49,51,56-59,61-68,70-72,74-78H,3-4,6,8-10,12,14-16,18,20-22,24,26,29-32,34,36-40,42,44-48,50,52-55H2,1-2H3,(H,69,73)/b7-5-,13-11-,19-17-,25-23-,28-27-,35-33+,43-41+,51-49+. The van der Waals surface area contributed by atoms with Crippen molar-refractivity contribution in [2.45, 2.75) is 306 Å². The first-order valence-electron chi connectivity index (χ1n) is 32.5. The molecular formula is C68H117NO13. The molecule has 2 aliphatic heterocycles. The molecule has 0 aromatic carbocycles. The van der Waals surface area contributed by atoms with Gasteiger partial charge >= 0.3 is 0 Å². The fourth-order valence-corrected chi connectivity index (χ4v) is 10.1. The van der Waals surface area contributed by atoms with Crippen LogP contribution in [-0.4, -0.2) is 140 Å². The van der Waals surface area contributed by atoms with Gasteiger partial charge < -0.3 is 65.1 Å². The van der Waals surface area contributed by atoms with Gasteiger partial charge in [0.05, 0.1) is 32.0 Å². The number of carbonyl (C=O) groups is 1. The summed E-state index contributed by atoms with van der Waals surface area (Å²) in [5, 5.41) is 87.3. The zero-order valence-electron chi connectivity index (χ0n) is 50.9. The van der Waals surface area contributed by atoms with Gasteiger partial charge in [-0.05, 0) is 89.9 Å². The van der Waals surface area contributed by atoms with E-state index >= 15 is 0 Å². The van der Waals surface area contributed by atoms with E-state index in [9.17, 15) is 45.6 Å². The lowest BCUT2D eigenvalue weighted by atomic mass is 9.97. The van der Waals surface area contributed by atoms with Gasteiger partial charge in [-0.3, -0.25) is 4.79 Å². The van der Waals surface area contributed by atoms with Crippen molar-refractivity contribution in [3.63, 3.8) is 0 Å². The van der Waals surface area contributed by atoms with Crippen LogP contribution >= 0.6 is 0 Å². The number of unbranched alkanes of at least 4 members (excludes halogenated alkanes) is 24. The van der Waals surface area contributed by atoms with E-state index in [1.165, 1.54) is 116 Å². The van der Waals surface area contributed by atoms with Crippen LogP contribution in [0.5, 0.6) is 0 Å². The van der Waals surface area contributed by atoms with Crippen LogP contribution in [0.25, 0.3) is 0 Å². The largest absolute Gasteiger partial charge is 0.394 e. The summed E-state index contributed by atoms with van der Waals surface area (Å²) in [4.78, 5) is 13.3. The molecule has 1 amide bonds. The van der Waals surface area contributed by atoms with Crippen LogP contribution in [0, 0.1) is 0 Å². The predicted molar refractivity (Wildman–Crippen MR) is 332 cm³/mol. The SMILES string of the molecule is CC/C=C\C/C=C\C/C=C\C/C=C\C/C=C\CCCCCCCCCCCCCC(=O)NC(COC1OC(CO)C(OC2OC(CO)C(O)C(O)C2O)C(O)C1O)C(O)/C=C/CC/C=C/CC/C=C/CCCCCCCCCCCCC. The summed E-state index contributed by atoms with van der Waals surface area (Å²) in [7, 11) is 0. The highest BCUT2D eigenvalue weighted by Gasteiger charge is 2.51. The molecule has 9 N–H and O–H groups in total. The van der Waals surface area contributed by atoms with E-state index in [-0.39, 0.29) is 18.9 Å². The summed E-state index contributed by atoms with van der Waals surface area (Å²) in [5.74, 6) is -0.260. The van der Waals surface area contributed by atoms with Crippen LogP contribution in [0.2, 0.25) is 0 Å². The maximum Gasteiger partial charge on any atom is 0.220 e. The van der Waals surface area contributed by atoms with Gasteiger partial charge in [0.2, 0.25) is 5.91 Å². The molecule has 12 atom stereocenters. The van der Waals surface area contributed by atoms with Gasteiger partial charge in [-0.15, -0.1) is 0 Å². The molecule has 0 radical (unpaired) electrons. The second-order valence-electron chi connectivity index (χ2n) is 22.5. The van der Waals surface area contributed by atoms with Crippen LogP contribution in [0.1, 0.15) is 232 Å². The van der Waals surface area contributed by atoms with E-state index in [4.69, 9.17) is 18.9 Å². The number of nitrogens with one attached hydrogen (secondary N) is 1. The van der Waals surface area contributed by atoms with Gasteiger partial charge in [0, 0.05) is 6.42 Å². The van der Waals surface area contributed by atoms with Crippen LogP contribution in [0.3, 0.4) is 0 Å². The molecule has 2 fully saturated rings. The van der Waals surface area contributed by atoms with E-state index in [2.05, 4.69) is 104 Å². The summed E-state index contributed by atoms with van der Waals surface area (Å²) in [6.07, 6.45) is 55.9. The smallest absolute Gasteiger partial charge is 0.220 e. The summed E-state index contributed by atoms with van der Waals surface area (Å²) >= 11 is 0. The fourth-order valence-electron chi connectivity index (χ4n) is 10.1. The van der Waals surface area contributed by atoms with Crippen molar-refractivity contribution in [3.8, 4) is 0 Å². The Morgan fingerprint density at radius 1 is 0.451 bits per heavy atom. The average molecular weight is 1160 g/mol. The van der Waals surface area contributed by atoms with Crippen molar-refractivity contribution in [2.24, 2.45) is 0 Å². The Bertz CT molecular complexity index is 1740. The van der Waals surface area contributed by atoms with Crippen LogP contribution < -0.4 is 5.32 Å². The number of carbonyl (C=O) groups excluding carboxylic acids is 1. The molecule has 14 nitrogen and oxygen atoms in total. The predicted octanol–water partition coefficient (Wildman–Crippen LogP) is 12.2. The van der Waals surface area contributed by atoms with Gasteiger partial charge in [0.1, 0.15) is 48.8 Å². The molecule has 2 rings (SSSR count). The van der Waals surface area contributed by atoms with E-state index in [0.29, 0.717) is 12.8 Å². The van der Waals surface area contributed by atoms with Crippen LogP contribution in [0.4, 0.5) is 0 Å². The molecule has 0 spiro atoms. The lowest BCUT2D eigenvalue weighted by molar-refractivity contribution is -0.359. The molecule has 82 heavy (non-hydrogen) atoms. The Hall–Kier alpha value is -3.09. The Kier molecular flexibility index (Phi) is 47.8. The maximum atomic E-state index is 13.3. The second-order valence-corrected chi connectivity index (χ2v) is 22.5. The minimum absolute atomic E-state index is 0.260. The minimum atomic E-state index is -1.80. The van der Waals surface area contributed by atoms with Gasteiger partial charge in [0.15, 0.2) is 12.6 Å². The molecular weight excluding hydrogens is 1040 g/mol. The monoisotopic (exact) mass is 1160 g/mol. The van der Waals surface area contributed by atoms with Crippen LogP contribution in [0.15, 0.2) is 97.2 Å². The first-order valence-corrected chi connectivity index (χ1v) is 32.5. The van der Waals surface area contributed by atoms with Crippen molar-refractivity contribution in [1.82, 2.24) is 5.32 Å². The third kappa shape index (κ3) is 36.7. The quantitative estimate of drug-likeness (QED) is 0.0204. The van der Waals surface area contributed by atoms with E-state index in [1.807, 2.05) is 6.08 Å². The van der Waals surface area contributed by atoms with Crippen molar-refractivity contribution in [1.29, 1.82) is 0 Å². The first-order chi connectivity index (χ1) is 40.1. The molecule has 2 saturated heterocycles. The Balaban J connectivity index is 1.74. The van der Waals surface area contributed by atoms with E-state index in [1.54, 1.807) is 6.08 Å². The maximum absolute atomic E-state index is 13.3. The molecule has 0 aromatic heterocycles. The van der Waals surface area contributed by atoms with Gasteiger partial charge in [-0.2, -0.15) is 0 Å². The molecule has 0 aliphatic carbocycles. The molecule has 12 unspecified atom stereocenters. The number of hydrogen-bond acceptors (Lipinski definition) is 13. The first kappa shape index (κ1) is 75.0. The Morgan fingerprint density at radius 3 is 1.34 bits per heavy atom. The van der Waals surface area contributed by atoms with Gasteiger partial charge in [-0.25, -0.2) is 0 Å². The second kappa shape index (κ2) is 52.3. The van der Waals surface area contributed by atoms with Crippen molar-refractivity contribution in [3.05, 3.63) is 97.2 Å². The number of hydrogen-bond donors (Lipinski definition) is 9. The van der Waals surface area contributed by atoms with Crippen molar-refractivity contribution >= 4 is 5.91 Å². The third-order valence-corrected chi connectivity index (χ3v) is 15.2. The van der Waals surface area contributed by atoms with Gasteiger partial charge in [0.25, 0.3) is 0 Å². The Morgan fingerprint density at radius 2 is 0.854 bits per heavy atom. The lowest BCUT2D eigenvalue weighted by Gasteiger charge is -2.46. The summed E-state index contributed by atoms with van der Waals surface area (Å²) < 4.78 is 22.8. The number of allylic oxidation sites excluding steroid dienone is 15. The molecule has 0 aromatic rings. The average Bonchev–Trinajstić information content (AvgIpc) is 3.67. The normalized spacial score (nSPS) is 24.6. The molecule has 0 saturated carbocycles. The number of aliphatic hydroxyl groups is 8. The number of ether oxygens (including phenoxy) is 4. The highest BCUT2D eigenvalue weighted by molar-refractivity contribution is 5.76. The number of rotatable bonds is 51. The highest BCUT2D eigenvalue weighted by Crippen LogP contribution is 2.30. The third-order valence-electron chi connectivity index (χ3n) is 15.2. The Labute approximate surface area is 496 Å². The molecule has 2 heterocycles. The molecule has 0 bridgehead atoms. The lowest BCUT2D eigenvalue weighted by Crippen LogP contribution is -2.65. The zero-order chi connectivity index (χ0) is 59.5. The van der Waals surface area contributed by atoms with Crippen LogP contribution in [-0.2, 0) is 23.7 Å². The van der Waals surface area contributed by atoms with Crippen molar-refractivity contribution < 1.29 is 64.6 Å². The summed E-state index contributed by atoms with van der Waals surface area (Å²) in [5.41, 5.74) is 0. The topological polar surface area (TPSA) is 228 Å². The summed E-state index contributed by atoms with van der Waals surface area (Å²) in [6, 6.07) is -0.946. The number of amides is 1. The molecule has 14 heteroatoms. The zero-order valence-corrected chi connectivity index (χ0v) is 50.9. The van der Waals surface area contributed by atoms with Gasteiger partial charge in [-0.1, -0.05) is 233 Å². The molecule has 2 aliphatic rings.